The first kappa shape index (κ1) is 13.5. The number of hydrogen-bond acceptors (Lipinski definition) is 3. The van der Waals surface area contributed by atoms with Gasteiger partial charge in [0.15, 0.2) is 0 Å². The maximum atomic E-state index is 6.08. The molecule has 3 rings (SSSR count). The Balaban J connectivity index is 2.05. The largest absolute Gasteiger partial charge is 0.369 e. The number of nitrogen functional groups attached to an aromatic ring is 1. The molecule has 0 aliphatic carbocycles. The van der Waals surface area contributed by atoms with Gasteiger partial charge in [-0.05, 0) is 29.6 Å². The summed E-state index contributed by atoms with van der Waals surface area (Å²) in [5.74, 6) is 0.534. The Bertz CT molecular complexity index is 744. The maximum absolute atomic E-state index is 6.08. The molecule has 20 heavy (non-hydrogen) atoms. The van der Waals surface area contributed by atoms with E-state index in [4.69, 9.17) is 17.3 Å². The number of thiophene rings is 1. The number of hydrogen-bond donors (Lipinski definition) is 1. The third-order valence-electron chi connectivity index (χ3n) is 3.48. The first-order chi connectivity index (χ1) is 9.47. The van der Waals surface area contributed by atoms with Crippen molar-refractivity contribution in [1.82, 2.24) is 9.55 Å². The molecule has 0 amide bonds. The zero-order valence-electron chi connectivity index (χ0n) is 11.4. The minimum Gasteiger partial charge on any atom is -0.369 e. The summed E-state index contributed by atoms with van der Waals surface area (Å²) in [5.41, 5.74) is 7.95. The van der Waals surface area contributed by atoms with Crippen LogP contribution in [0.5, 0.6) is 0 Å². The van der Waals surface area contributed by atoms with E-state index in [1.165, 1.54) is 4.88 Å². The molecule has 0 aliphatic heterocycles. The van der Waals surface area contributed by atoms with Crippen LogP contribution in [-0.4, -0.2) is 9.55 Å². The molecule has 0 spiro atoms. The summed E-state index contributed by atoms with van der Waals surface area (Å²) in [5, 5.41) is 2.78. The monoisotopic (exact) mass is 305 g/mol. The molecule has 3 nitrogen and oxygen atoms in total. The van der Waals surface area contributed by atoms with Gasteiger partial charge in [-0.2, -0.15) is 0 Å². The van der Waals surface area contributed by atoms with E-state index in [1.54, 1.807) is 11.3 Å². The highest BCUT2D eigenvalue weighted by molar-refractivity contribution is 7.10. The number of aromatic nitrogens is 2. The van der Waals surface area contributed by atoms with Crippen LogP contribution in [0.2, 0.25) is 5.02 Å². The van der Waals surface area contributed by atoms with Crippen LogP contribution >= 0.6 is 22.9 Å². The van der Waals surface area contributed by atoms with Gasteiger partial charge in [0.2, 0.25) is 5.95 Å². The lowest BCUT2D eigenvalue weighted by molar-refractivity contribution is 0.453. The van der Waals surface area contributed by atoms with E-state index in [0.29, 0.717) is 11.0 Å². The van der Waals surface area contributed by atoms with Crippen molar-refractivity contribution in [2.24, 2.45) is 0 Å². The van der Waals surface area contributed by atoms with Gasteiger partial charge in [0, 0.05) is 21.9 Å². The van der Waals surface area contributed by atoms with Crippen LogP contribution in [0.4, 0.5) is 5.95 Å². The Hall–Kier alpha value is -1.52. The van der Waals surface area contributed by atoms with Crippen LogP contribution < -0.4 is 5.73 Å². The number of nitrogens with two attached hydrogens (primary N) is 1. The average Bonchev–Trinajstić information content (AvgIpc) is 2.99. The zero-order chi connectivity index (χ0) is 14.3. The molecule has 104 valence electrons. The van der Waals surface area contributed by atoms with Crippen molar-refractivity contribution < 1.29 is 0 Å². The summed E-state index contributed by atoms with van der Waals surface area (Å²) in [6.07, 6.45) is 0. The van der Waals surface area contributed by atoms with Gasteiger partial charge in [0.05, 0.1) is 11.0 Å². The summed E-state index contributed by atoms with van der Waals surface area (Å²) < 4.78 is 2.06. The van der Waals surface area contributed by atoms with E-state index in [1.807, 2.05) is 18.2 Å². The van der Waals surface area contributed by atoms with Crippen molar-refractivity contribution in [3.05, 3.63) is 45.6 Å². The first-order valence-electron chi connectivity index (χ1n) is 6.43. The van der Waals surface area contributed by atoms with Crippen LogP contribution in [0, 0.1) is 0 Å². The van der Waals surface area contributed by atoms with E-state index in [0.717, 1.165) is 17.6 Å². The Morgan fingerprint density at radius 1 is 1.35 bits per heavy atom. The molecule has 1 aromatic carbocycles. The van der Waals surface area contributed by atoms with Crippen molar-refractivity contribution in [2.45, 2.75) is 25.8 Å². The highest BCUT2D eigenvalue weighted by Gasteiger charge is 2.24. The van der Waals surface area contributed by atoms with Crippen LogP contribution in [-0.2, 0) is 12.0 Å². The molecule has 3 aromatic rings. The molecule has 0 aliphatic rings. The molecule has 0 radical (unpaired) electrons. The third kappa shape index (κ3) is 2.30. The number of benzene rings is 1. The fourth-order valence-electron chi connectivity index (χ4n) is 2.42. The fourth-order valence-corrected chi connectivity index (χ4v) is 3.44. The summed E-state index contributed by atoms with van der Waals surface area (Å²) >= 11 is 7.78. The van der Waals surface area contributed by atoms with E-state index < -0.39 is 0 Å². The summed E-state index contributed by atoms with van der Waals surface area (Å²) in [6.45, 7) is 5.23. The van der Waals surface area contributed by atoms with Gasteiger partial charge in [-0.3, -0.25) is 0 Å². The van der Waals surface area contributed by atoms with E-state index in [-0.39, 0.29) is 5.41 Å². The minimum atomic E-state index is 0.00948. The second kappa shape index (κ2) is 4.79. The quantitative estimate of drug-likeness (QED) is 0.783. The number of rotatable bonds is 3. The Kier molecular flexibility index (Phi) is 3.22. The highest BCUT2D eigenvalue weighted by Crippen LogP contribution is 2.32. The molecule has 2 heterocycles. The van der Waals surface area contributed by atoms with Gasteiger partial charge in [-0.25, -0.2) is 4.98 Å². The van der Waals surface area contributed by atoms with Crippen LogP contribution in [0.3, 0.4) is 0 Å². The lowest BCUT2D eigenvalue weighted by atomic mass is 9.91. The molecule has 2 aromatic heterocycles. The number of halogens is 1. The van der Waals surface area contributed by atoms with Gasteiger partial charge in [-0.15, -0.1) is 11.3 Å². The average molecular weight is 306 g/mol. The number of fused-ring (bicyclic) bond motifs is 1. The highest BCUT2D eigenvalue weighted by atomic mass is 35.5. The molecule has 2 N–H and O–H groups in total. The Morgan fingerprint density at radius 2 is 2.15 bits per heavy atom. The molecular weight excluding hydrogens is 290 g/mol. The SMILES string of the molecule is CC(C)(Cn1c(N)nc2cc(Cl)ccc21)c1cccs1. The number of nitrogens with zero attached hydrogens (tertiary/aromatic N) is 2. The molecular formula is C15H16ClN3S. The summed E-state index contributed by atoms with van der Waals surface area (Å²) in [7, 11) is 0. The molecule has 0 unspecified atom stereocenters. The topological polar surface area (TPSA) is 43.8 Å². The molecule has 0 saturated carbocycles. The first-order valence-corrected chi connectivity index (χ1v) is 7.68. The van der Waals surface area contributed by atoms with Crippen LogP contribution in [0.15, 0.2) is 35.7 Å². The molecule has 0 bridgehead atoms. The second-order valence-corrected chi connectivity index (χ2v) is 6.93. The minimum absolute atomic E-state index is 0.00948. The van der Waals surface area contributed by atoms with Crippen molar-refractivity contribution in [3.63, 3.8) is 0 Å². The van der Waals surface area contributed by atoms with Crippen molar-refractivity contribution in [1.29, 1.82) is 0 Å². The van der Waals surface area contributed by atoms with E-state index in [9.17, 15) is 0 Å². The van der Waals surface area contributed by atoms with Gasteiger partial charge in [0.1, 0.15) is 0 Å². The summed E-state index contributed by atoms with van der Waals surface area (Å²) in [6, 6.07) is 9.95. The predicted octanol–water partition coefficient (Wildman–Crippen LogP) is 4.31. The van der Waals surface area contributed by atoms with Gasteiger partial charge in [0.25, 0.3) is 0 Å². The number of anilines is 1. The second-order valence-electron chi connectivity index (χ2n) is 5.55. The smallest absolute Gasteiger partial charge is 0.201 e. The molecule has 5 heteroatoms. The maximum Gasteiger partial charge on any atom is 0.201 e. The molecule has 0 fully saturated rings. The van der Waals surface area contributed by atoms with Crippen molar-refractivity contribution >= 4 is 39.9 Å². The van der Waals surface area contributed by atoms with Crippen molar-refractivity contribution in [2.75, 3.05) is 5.73 Å². The Labute approximate surface area is 127 Å². The third-order valence-corrected chi connectivity index (χ3v) is 4.95. The lowest BCUT2D eigenvalue weighted by Gasteiger charge is -2.24. The Morgan fingerprint density at radius 3 is 2.85 bits per heavy atom. The van der Waals surface area contributed by atoms with E-state index in [2.05, 4.69) is 40.9 Å². The zero-order valence-corrected chi connectivity index (χ0v) is 13.0. The lowest BCUT2D eigenvalue weighted by Crippen LogP contribution is -2.24. The standard InChI is InChI=1S/C15H16ClN3S/c1-15(2,13-4-3-7-20-13)9-19-12-6-5-10(16)8-11(12)18-14(19)17/h3-8H,9H2,1-2H3,(H2,17,18). The summed E-state index contributed by atoms with van der Waals surface area (Å²) in [4.78, 5) is 5.74. The van der Waals surface area contributed by atoms with Crippen LogP contribution in [0.1, 0.15) is 18.7 Å². The van der Waals surface area contributed by atoms with Gasteiger partial charge in [-0.1, -0.05) is 31.5 Å². The van der Waals surface area contributed by atoms with E-state index >= 15 is 0 Å². The van der Waals surface area contributed by atoms with Gasteiger partial charge >= 0.3 is 0 Å². The van der Waals surface area contributed by atoms with Crippen molar-refractivity contribution in [3.8, 4) is 0 Å². The van der Waals surface area contributed by atoms with Gasteiger partial charge < -0.3 is 10.3 Å². The normalized spacial score (nSPS) is 12.2. The molecule has 0 saturated heterocycles. The predicted molar refractivity (Wildman–Crippen MR) is 86.5 cm³/mol. The van der Waals surface area contributed by atoms with Crippen LogP contribution in [0.25, 0.3) is 11.0 Å². The fraction of sp³-hybridized carbons (Fsp3) is 0.267. The molecule has 0 atom stereocenters. The number of imidazole rings is 1.